The van der Waals surface area contributed by atoms with Gasteiger partial charge >= 0.3 is 12.1 Å². The number of hydrogen-bond donors (Lipinski definition) is 2. The number of nitrogens with one attached hydrogen (secondary N) is 2. The minimum Gasteiger partial charge on any atom is -0.462 e. The number of carbonyl (C=O) groups is 2. The van der Waals surface area contributed by atoms with Crippen molar-refractivity contribution in [1.29, 1.82) is 0 Å². The van der Waals surface area contributed by atoms with Gasteiger partial charge in [0.05, 0.1) is 6.61 Å². The first-order valence-electron chi connectivity index (χ1n) is 11.1. The van der Waals surface area contributed by atoms with Gasteiger partial charge in [-0.25, -0.2) is 19.6 Å². The van der Waals surface area contributed by atoms with Crippen molar-refractivity contribution in [1.82, 2.24) is 15.3 Å². The molecule has 1 aromatic carbocycles. The monoisotopic (exact) mass is 440 g/mol. The molecule has 0 aliphatic heterocycles. The predicted molar refractivity (Wildman–Crippen MR) is 122 cm³/mol. The summed E-state index contributed by atoms with van der Waals surface area (Å²) in [6.07, 6.45) is 4.40. The molecule has 2 N–H and O–H groups in total. The molecule has 8 heteroatoms. The smallest absolute Gasteiger partial charge is 0.407 e. The van der Waals surface area contributed by atoms with Crippen molar-refractivity contribution in [3.8, 4) is 11.4 Å². The third-order valence-electron chi connectivity index (χ3n) is 5.10. The SMILES string of the molecule is CCOC(=O)c1cnc(-c2ccccc2)nc1N[C@H]1CC[C@H](NC(=O)OC(C)(C)C)CC1. The van der Waals surface area contributed by atoms with Crippen LogP contribution in [0.15, 0.2) is 36.5 Å². The molecule has 8 nitrogen and oxygen atoms in total. The summed E-state index contributed by atoms with van der Waals surface area (Å²) in [5.74, 6) is 0.567. The number of benzene rings is 1. The number of esters is 1. The molecule has 0 unspecified atom stereocenters. The first kappa shape index (κ1) is 23.5. The summed E-state index contributed by atoms with van der Waals surface area (Å²) < 4.78 is 10.5. The Morgan fingerprint density at radius 3 is 2.34 bits per heavy atom. The number of nitrogens with zero attached hydrogens (tertiary/aromatic N) is 2. The summed E-state index contributed by atoms with van der Waals surface area (Å²) >= 11 is 0. The van der Waals surface area contributed by atoms with Gasteiger partial charge in [-0.3, -0.25) is 0 Å². The molecule has 172 valence electrons. The van der Waals surface area contributed by atoms with Crippen LogP contribution in [0.5, 0.6) is 0 Å². The van der Waals surface area contributed by atoms with E-state index in [0.717, 1.165) is 31.2 Å². The first-order valence-corrected chi connectivity index (χ1v) is 11.1. The van der Waals surface area contributed by atoms with Gasteiger partial charge in [0.15, 0.2) is 5.82 Å². The van der Waals surface area contributed by atoms with Gasteiger partial charge in [-0.1, -0.05) is 30.3 Å². The van der Waals surface area contributed by atoms with Crippen molar-refractivity contribution in [3.63, 3.8) is 0 Å². The average molecular weight is 441 g/mol. The molecule has 0 radical (unpaired) electrons. The number of alkyl carbamates (subject to hydrolysis) is 1. The molecule has 3 rings (SSSR count). The third kappa shape index (κ3) is 6.67. The summed E-state index contributed by atoms with van der Waals surface area (Å²) in [7, 11) is 0. The molecule has 1 aliphatic carbocycles. The van der Waals surface area contributed by atoms with E-state index in [9.17, 15) is 9.59 Å². The minimum atomic E-state index is -0.518. The number of rotatable bonds is 6. The second-order valence-corrected chi connectivity index (χ2v) is 8.88. The van der Waals surface area contributed by atoms with Crippen LogP contribution in [0.4, 0.5) is 10.6 Å². The van der Waals surface area contributed by atoms with Crippen LogP contribution < -0.4 is 10.6 Å². The molecular formula is C24H32N4O4. The summed E-state index contributed by atoms with van der Waals surface area (Å²) in [4.78, 5) is 33.5. The Hall–Kier alpha value is -3.16. The molecule has 1 amide bonds. The Morgan fingerprint density at radius 2 is 1.72 bits per heavy atom. The molecule has 1 heterocycles. The molecular weight excluding hydrogens is 408 g/mol. The van der Waals surface area contributed by atoms with Gasteiger partial charge in [0.25, 0.3) is 0 Å². The van der Waals surface area contributed by atoms with Crippen LogP contribution in [0, 0.1) is 0 Å². The summed E-state index contributed by atoms with van der Waals surface area (Å²) in [6, 6.07) is 9.82. The molecule has 32 heavy (non-hydrogen) atoms. The molecule has 1 fully saturated rings. The van der Waals surface area contributed by atoms with Crippen molar-refractivity contribution in [3.05, 3.63) is 42.1 Å². The van der Waals surface area contributed by atoms with Crippen LogP contribution in [0.25, 0.3) is 11.4 Å². The molecule has 1 aromatic heterocycles. The van der Waals surface area contributed by atoms with E-state index in [0.29, 0.717) is 17.2 Å². The summed E-state index contributed by atoms with van der Waals surface area (Å²) in [5, 5.41) is 6.36. The molecule has 0 saturated heterocycles. The van der Waals surface area contributed by atoms with Gasteiger partial charge in [0.2, 0.25) is 0 Å². The summed E-state index contributed by atoms with van der Waals surface area (Å²) in [5.41, 5.74) is 0.673. The Bertz CT molecular complexity index is 919. The lowest BCUT2D eigenvalue weighted by atomic mass is 9.91. The highest BCUT2D eigenvalue weighted by Crippen LogP contribution is 2.26. The zero-order valence-corrected chi connectivity index (χ0v) is 19.2. The second-order valence-electron chi connectivity index (χ2n) is 8.88. The van der Waals surface area contributed by atoms with E-state index in [1.165, 1.54) is 6.20 Å². The highest BCUT2D eigenvalue weighted by molar-refractivity contribution is 5.94. The van der Waals surface area contributed by atoms with E-state index in [2.05, 4.69) is 20.6 Å². The van der Waals surface area contributed by atoms with Crippen LogP contribution >= 0.6 is 0 Å². The minimum absolute atomic E-state index is 0.0673. The molecule has 0 bridgehead atoms. The highest BCUT2D eigenvalue weighted by atomic mass is 16.6. The van der Waals surface area contributed by atoms with Gasteiger partial charge in [-0.05, 0) is 53.4 Å². The van der Waals surface area contributed by atoms with Crippen LogP contribution in [-0.4, -0.2) is 46.3 Å². The lowest BCUT2D eigenvalue weighted by Gasteiger charge is -2.31. The Kier molecular flexibility index (Phi) is 7.66. The standard InChI is InChI=1S/C24H32N4O4/c1-5-31-22(29)19-15-25-20(16-9-7-6-8-10-16)28-21(19)26-17-11-13-18(14-12-17)27-23(30)32-24(2,3)4/h6-10,15,17-18H,5,11-14H2,1-4H3,(H,27,30)(H,25,26,28)/t17-,18-. The third-order valence-corrected chi connectivity index (χ3v) is 5.10. The number of anilines is 1. The van der Waals surface area contributed by atoms with Crippen molar-refractivity contribution in [2.24, 2.45) is 0 Å². The fraction of sp³-hybridized carbons (Fsp3) is 0.500. The fourth-order valence-electron chi connectivity index (χ4n) is 3.63. The number of ether oxygens (including phenoxy) is 2. The number of aromatic nitrogens is 2. The van der Waals surface area contributed by atoms with Crippen LogP contribution in [-0.2, 0) is 9.47 Å². The second kappa shape index (κ2) is 10.4. The molecule has 0 spiro atoms. The largest absolute Gasteiger partial charge is 0.462 e. The zero-order chi connectivity index (χ0) is 23.1. The average Bonchev–Trinajstić information content (AvgIpc) is 2.74. The lowest BCUT2D eigenvalue weighted by Crippen LogP contribution is -2.42. The van der Waals surface area contributed by atoms with Crippen LogP contribution in [0.1, 0.15) is 63.7 Å². The molecule has 1 aliphatic rings. The first-order chi connectivity index (χ1) is 15.2. The molecule has 0 atom stereocenters. The van der Waals surface area contributed by atoms with Crippen LogP contribution in [0.2, 0.25) is 0 Å². The topological polar surface area (TPSA) is 102 Å². The van der Waals surface area contributed by atoms with Gasteiger partial charge in [0.1, 0.15) is 17.0 Å². The number of carbonyl (C=O) groups excluding carboxylic acids is 2. The molecule has 1 saturated carbocycles. The van der Waals surface area contributed by atoms with E-state index in [-0.39, 0.29) is 24.8 Å². The Balaban J connectivity index is 1.68. The summed E-state index contributed by atoms with van der Waals surface area (Å²) in [6.45, 7) is 7.59. The van der Waals surface area contributed by atoms with E-state index in [1.54, 1.807) is 6.92 Å². The van der Waals surface area contributed by atoms with Gasteiger partial charge in [-0.15, -0.1) is 0 Å². The highest BCUT2D eigenvalue weighted by Gasteiger charge is 2.26. The lowest BCUT2D eigenvalue weighted by molar-refractivity contribution is 0.0488. The van der Waals surface area contributed by atoms with Gasteiger partial charge < -0.3 is 20.1 Å². The van der Waals surface area contributed by atoms with E-state index in [4.69, 9.17) is 9.47 Å². The normalized spacial score (nSPS) is 18.5. The van der Waals surface area contributed by atoms with Crippen molar-refractivity contribution >= 4 is 17.9 Å². The van der Waals surface area contributed by atoms with Gasteiger partial charge in [0, 0.05) is 23.8 Å². The van der Waals surface area contributed by atoms with Crippen molar-refractivity contribution < 1.29 is 19.1 Å². The van der Waals surface area contributed by atoms with E-state index >= 15 is 0 Å². The van der Waals surface area contributed by atoms with E-state index in [1.807, 2.05) is 51.1 Å². The predicted octanol–water partition coefficient (Wildman–Crippen LogP) is 4.57. The fourth-order valence-corrected chi connectivity index (χ4v) is 3.63. The quantitative estimate of drug-likeness (QED) is 0.634. The zero-order valence-electron chi connectivity index (χ0n) is 19.2. The molecule has 2 aromatic rings. The maximum Gasteiger partial charge on any atom is 0.407 e. The maximum atomic E-state index is 12.4. The Morgan fingerprint density at radius 1 is 1.06 bits per heavy atom. The van der Waals surface area contributed by atoms with Gasteiger partial charge in [-0.2, -0.15) is 0 Å². The van der Waals surface area contributed by atoms with Crippen molar-refractivity contribution in [2.75, 3.05) is 11.9 Å². The Labute approximate surface area is 189 Å². The maximum absolute atomic E-state index is 12.4. The number of amides is 1. The van der Waals surface area contributed by atoms with Crippen molar-refractivity contribution in [2.45, 2.75) is 71.1 Å². The number of hydrogen-bond acceptors (Lipinski definition) is 7. The van der Waals surface area contributed by atoms with E-state index < -0.39 is 11.6 Å². The van der Waals surface area contributed by atoms with Crippen LogP contribution in [0.3, 0.4) is 0 Å².